The van der Waals surface area contributed by atoms with Crippen LogP contribution in [0.5, 0.6) is 0 Å². The van der Waals surface area contributed by atoms with Crippen LogP contribution in [0.15, 0.2) is 0 Å². The van der Waals surface area contributed by atoms with Gasteiger partial charge in [-0.15, -0.1) is 0 Å². The molecule has 130 valence electrons. The predicted molar refractivity (Wildman–Crippen MR) is 87.8 cm³/mol. The second kappa shape index (κ2) is 7.20. The molecule has 4 atom stereocenters. The fraction of sp³-hybridized carbons (Fsp3) is 0.889. The van der Waals surface area contributed by atoms with Crippen LogP contribution in [0.2, 0.25) is 0 Å². The Morgan fingerprint density at radius 1 is 1.04 bits per heavy atom. The number of amides is 1. The minimum absolute atomic E-state index is 0.0226. The molecule has 2 saturated carbocycles. The number of rotatable bonds is 4. The molecular formula is C18H30N2O3. The number of carbonyl (C=O) groups excluding carboxylic acids is 2. The highest BCUT2D eigenvalue weighted by Crippen LogP contribution is 2.39. The molecule has 0 radical (unpaired) electrons. The number of piperazine rings is 1. The number of carbonyl (C=O) groups is 2. The maximum absolute atomic E-state index is 12.3. The van der Waals surface area contributed by atoms with E-state index < -0.39 is 0 Å². The molecule has 5 nitrogen and oxygen atoms in total. The number of ether oxygens (including phenoxy) is 1. The summed E-state index contributed by atoms with van der Waals surface area (Å²) in [7, 11) is 0. The van der Waals surface area contributed by atoms with E-state index in [4.69, 9.17) is 4.74 Å². The fourth-order valence-electron chi connectivity index (χ4n) is 4.25. The summed E-state index contributed by atoms with van der Waals surface area (Å²) < 4.78 is 5.28. The van der Waals surface area contributed by atoms with Crippen molar-refractivity contribution in [2.45, 2.75) is 52.0 Å². The van der Waals surface area contributed by atoms with Crippen LogP contribution < -0.4 is 0 Å². The summed E-state index contributed by atoms with van der Waals surface area (Å²) >= 11 is 0. The second-order valence-electron chi connectivity index (χ2n) is 7.39. The zero-order valence-electron chi connectivity index (χ0n) is 14.5. The number of hydrogen-bond donors (Lipinski definition) is 0. The molecule has 0 bridgehead atoms. The highest BCUT2D eigenvalue weighted by molar-refractivity contribution is 5.81. The first-order valence-corrected chi connectivity index (χ1v) is 9.31. The van der Waals surface area contributed by atoms with Crippen molar-refractivity contribution in [2.24, 2.45) is 17.8 Å². The Labute approximate surface area is 139 Å². The molecular weight excluding hydrogens is 292 g/mol. The molecule has 1 heterocycles. The summed E-state index contributed by atoms with van der Waals surface area (Å²) in [6.45, 7) is 7.91. The molecule has 23 heavy (non-hydrogen) atoms. The number of hydrogen-bond acceptors (Lipinski definition) is 4. The Hall–Kier alpha value is -1.10. The van der Waals surface area contributed by atoms with E-state index in [2.05, 4.69) is 11.8 Å². The van der Waals surface area contributed by atoms with Gasteiger partial charge in [0, 0.05) is 38.1 Å². The average Bonchev–Trinajstić information content (AvgIpc) is 3.31. The van der Waals surface area contributed by atoms with Crippen LogP contribution in [0, 0.1) is 17.8 Å². The Morgan fingerprint density at radius 3 is 2.30 bits per heavy atom. The topological polar surface area (TPSA) is 49.9 Å². The van der Waals surface area contributed by atoms with Gasteiger partial charge in [-0.05, 0) is 32.1 Å². The third-order valence-corrected chi connectivity index (χ3v) is 5.84. The molecule has 1 amide bonds. The van der Waals surface area contributed by atoms with Crippen LogP contribution >= 0.6 is 0 Å². The molecule has 0 aromatic carbocycles. The highest BCUT2D eigenvalue weighted by Gasteiger charge is 2.43. The van der Waals surface area contributed by atoms with Gasteiger partial charge >= 0.3 is 5.97 Å². The molecule has 0 aromatic rings. The Morgan fingerprint density at radius 2 is 1.70 bits per heavy atom. The zero-order chi connectivity index (χ0) is 16.4. The molecule has 1 saturated heterocycles. The molecule has 0 aromatic heterocycles. The number of esters is 1. The summed E-state index contributed by atoms with van der Waals surface area (Å²) in [5, 5.41) is 0. The fourth-order valence-corrected chi connectivity index (χ4v) is 4.25. The smallest absolute Gasteiger partial charge is 0.310 e. The largest absolute Gasteiger partial charge is 0.466 e. The average molecular weight is 322 g/mol. The molecule has 3 aliphatic rings. The van der Waals surface area contributed by atoms with Crippen molar-refractivity contribution in [3.8, 4) is 0 Å². The minimum Gasteiger partial charge on any atom is -0.466 e. The van der Waals surface area contributed by atoms with Crippen molar-refractivity contribution in [1.82, 2.24) is 9.80 Å². The molecule has 5 heteroatoms. The summed E-state index contributed by atoms with van der Waals surface area (Å²) in [6.07, 6.45) is 5.41. The normalized spacial score (nSPS) is 35.0. The van der Waals surface area contributed by atoms with Crippen molar-refractivity contribution in [3.63, 3.8) is 0 Å². The lowest BCUT2D eigenvalue weighted by molar-refractivity contribution is -0.153. The van der Waals surface area contributed by atoms with E-state index in [0.29, 0.717) is 24.5 Å². The van der Waals surface area contributed by atoms with Crippen LogP contribution in [0.25, 0.3) is 0 Å². The summed E-state index contributed by atoms with van der Waals surface area (Å²) in [5.41, 5.74) is 0. The first-order valence-electron chi connectivity index (χ1n) is 9.31. The standard InChI is InChI=1S/C18H30N2O3/c1-3-23-18(22)14-6-4-5-7-16(14)19-8-10-20(11-9-19)17(21)15-12-13(15)2/h13-16H,3-12H2,1-2H3/t13-,14-,15-,16+/m1/s1. The third-order valence-electron chi connectivity index (χ3n) is 5.84. The maximum atomic E-state index is 12.3. The molecule has 3 rings (SSSR count). The van der Waals surface area contributed by atoms with Crippen LogP contribution in [0.1, 0.15) is 46.0 Å². The van der Waals surface area contributed by atoms with Gasteiger partial charge in [0.15, 0.2) is 0 Å². The summed E-state index contributed by atoms with van der Waals surface area (Å²) in [6, 6.07) is 0.305. The third kappa shape index (κ3) is 3.70. The van der Waals surface area contributed by atoms with Gasteiger partial charge in [-0.25, -0.2) is 0 Å². The SMILES string of the molecule is CCOC(=O)[C@@H]1CCCC[C@@H]1N1CCN(C(=O)[C@@H]2C[C@H]2C)CC1. The van der Waals surface area contributed by atoms with E-state index in [1.807, 2.05) is 11.8 Å². The maximum Gasteiger partial charge on any atom is 0.310 e. The quantitative estimate of drug-likeness (QED) is 0.742. The van der Waals surface area contributed by atoms with Gasteiger partial charge in [-0.2, -0.15) is 0 Å². The minimum atomic E-state index is -0.0255. The van der Waals surface area contributed by atoms with E-state index in [1.165, 1.54) is 6.42 Å². The van der Waals surface area contributed by atoms with E-state index in [-0.39, 0.29) is 17.8 Å². The first-order chi connectivity index (χ1) is 11.1. The Bertz CT molecular complexity index is 446. The van der Waals surface area contributed by atoms with E-state index in [9.17, 15) is 9.59 Å². The van der Waals surface area contributed by atoms with E-state index in [0.717, 1.165) is 51.9 Å². The van der Waals surface area contributed by atoms with Gasteiger partial charge in [0.2, 0.25) is 5.91 Å². The molecule has 0 spiro atoms. The van der Waals surface area contributed by atoms with E-state index >= 15 is 0 Å². The molecule has 2 aliphatic carbocycles. The molecule has 0 N–H and O–H groups in total. The van der Waals surface area contributed by atoms with Crippen LogP contribution in [-0.2, 0) is 14.3 Å². The predicted octanol–water partition coefficient (Wildman–Crippen LogP) is 1.91. The summed E-state index contributed by atoms with van der Waals surface area (Å²) in [4.78, 5) is 29.1. The van der Waals surface area contributed by atoms with Gasteiger partial charge in [0.05, 0.1) is 12.5 Å². The monoisotopic (exact) mass is 322 g/mol. The molecule has 1 aliphatic heterocycles. The van der Waals surface area contributed by atoms with Crippen molar-refractivity contribution >= 4 is 11.9 Å². The van der Waals surface area contributed by atoms with Crippen LogP contribution in [0.4, 0.5) is 0 Å². The van der Waals surface area contributed by atoms with Crippen molar-refractivity contribution < 1.29 is 14.3 Å². The molecule has 3 fully saturated rings. The van der Waals surface area contributed by atoms with Gasteiger partial charge in [-0.3, -0.25) is 14.5 Å². The van der Waals surface area contributed by atoms with Crippen LogP contribution in [-0.4, -0.2) is 60.5 Å². The first kappa shape index (κ1) is 16.7. The summed E-state index contributed by atoms with van der Waals surface area (Å²) in [5.74, 6) is 1.20. The van der Waals surface area contributed by atoms with Crippen molar-refractivity contribution in [1.29, 1.82) is 0 Å². The lowest BCUT2D eigenvalue weighted by atomic mass is 9.83. The van der Waals surface area contributed by atoms with Gasteiger partial charge in [0.1, 0.15) is 0 Å². The van der Waals surface area contributed by atoms with Crippen LogP contribution in [0.3, 0.4) is 0 Å². The molecule has 0 unspecified atom stereocenters. The van der Waals surface area contributed by atoms with Gasteiger partial charge < -0.3 is 9.64 Å². The lowest BCUT2D eigenvalue weighted by Crippen LogP contribution is -2.55. The zero-order valence-corrected chi connectivity index (χ0v) is 14.5. The van der Waals surface area contributed by atoms with E-state index in [1.54, 1.807) is 0 Å². The second-order valence-corrected chi connectivity index (χ2v) is 7.39. The van der Waals surface area contributed by atoms with Crippen molar-refractivity contribution in [3.05, 3.63) is 0 Å². The highest BCUT2D eigenvalue weighted by atomic mass is 16.5. The Kier molecular flexibility index (Phi) is 5.24. The Balaban J connectivity index is 1.55. The van der Waals surface area contributed by atoms with Crippen molar-refractivity contribution in [2.75, 3.05) is 32.8 Å². The number of nitrogens with zero attached hydrogens (tertiary/aromatic N) is 2. The van der Waals surface area contributed by atoms with Gasteiger partial charge in [-0.1, -0.05) is 19.8 Å². The lowest BCUT2D eigenvalue weighted by Gasteiger charge is -2.43. The van der Waals surface area contributed by atoms with Gasteiger partial charge in [0.25, 0.3) is 0 Å².